The molecule has 0 saturated heterocycles. The lowest BCUT2D eigenvalue weighted by molar-refractivity contribution is 0.146. The summed E-state index contributed by atoms with van der Waals surface area (Å²) >= 11 is 3.76. The van der Waals surface area contributed by atoms with E-state index in [1.54, 1.807) is 7.11 Å². The SMILES string of the molecule is CC.CNCC1CC1.COC1=CC=C2CCc3c(Br)cc(OCc4ccccc4)c4c3C2C1O4. The Morgan fingerprint density at radius 1 is 1.09 bits per heavy atom. The average molecular weight is 527 g/mol. The number of nitrogens with one attached hydrogen (secondary N) is 1. The number of hydrogen-bond donors (Lipinski definition) is 1. The number of benzene rings is 2. The van der Waals surface area contributed by atoms with Crippen molar-refractivity contribution in [3.63, 3.8) is 0 Å². The Hall–Kier alpha value is -2.24. The zero-order valence-electron chi connectivity index (χ0n) is 20.7. The van der Waals surface area contributed by atoms with E-state index in [1.165, 1.54) is 36.1 Å². The van der Waals surface area contributed by atoms with E-state index in [4.69, 9.17) is 14.2 Å². The molecule has 4 aliphatic rings. The van der Waals surface area contributed by atoms with Crippen LogP contribution in [0.25, 0.3) is 0 Å². The third-order valence-electron chi connectivity index (χ3n) is 6.67. The fraction of sp³-hybridized carbons (Fsp3) is 0.448. The van der Waals surface area contributed by atoms with Crippen LogP contribution >= 0.6 is 15.9 Å². The van der Waals surface area contributed by atoms with Gasteiger partial charge in [-0.2, -0.15) is 0 Å². The Kier molecular flexibility index (Phi) is 8.38. The Balaban J connectivity index is 0.000000296. The third kappa shape index (κ3) is 5.21. The van der Waals surface area contributed by atoms with Gasteiger partial charge in [0.15, 0.2) is 17.6 Å². The standard InChI is InChI=1S/C22H19BrO3.C5H11N.C2H6/c1-24-17-10-8-14-7-9-15-16(23)11-18(22-20(15)19(14)21(17)26-22)25-12-13-5-3-2-4-6-13;1-6-4-5-2-3-5;1-2/h2-6,8,10-11,19,21H,7,9,12H2,1H3;5-6H,2-4H2,1H3;1-2H3. The van der Waals surface area contributed by atoms with Gasteiger partial charge in [0.25, 0.3) is 0 Å². The van der Waals surface area contributed by atoms with Gasteiger partial charge in [0.1, 0.15) is 12.4 Å². The molecule has 2 atom stereocenters. The van der Waals surface area contributed by atoms with Crippen molar-refractivity contribution in [2.75, 3.05) is 20.7 Å². The second-order valence-corrected chi connectivity index (χ2v) is 9.74. The normalized spacial score (nSPS) is 20.9. The van der Waals surface area contributed by atoms with Crippen LogP contribution in [0.5, 0.6) is 11.5 Å². The minimum absolute atomic E-state index is 0.0811. The van der Waals surface area contributed by atoms with E-state index in [9.17, 15) is 0 Å². The first-order chi connectivity index (χ1) is 16.7. The summed E-state index contributed by atoms with van der Waals surface area (Å²) in [5, 5.41) is 3.13. The summed E-state index contributed by atoms with van der Waals surface area (Å²) in [6.45, 7) is 5.76. The number of halogens is 1. The minimum Gasteiger partial charge on any atom is -0.497 e. The molecule has 0 radical (unpaired) electrons. The van der Waals surface area contributed by atoms with Crippen LogP contribution in [0.3, 0.4) is 0 Å². The number of hydrogen-bond acceptors (Lipinski definition) is 4. The number of ether oxygens (including phenoxy) is 3. The predicted molar refractivity (Wildman–Crippen MR) is 142 cm³/mol. The molecular weight excluding hydrogens is 490 g/mol. The van der Waals surface area contributed by atoms with E-state index < -0.39 is 0 Å². The van der Waals surface area contributed by atoms with E-state index in [0.29, 0.717) is 6.61 Å². The third-order valence-corrected chi connectivity index (χ3v) is 7.37. The highest BCUT2D eigenvalue weighted by atomic mass is 79.9. The molecule has 1 heterocycles. The highest BCUT2D eigenvalue weighted by molar-refractivity contribution is 9.10. The van der Waals surface area contributed by atoms with Crippen LogP contribution in [-0.2, 0) is 17.8 Å². The lowest BCUT2D eigenvalue weighted by Crippen LogP contribution is -2.28. The maximum Gasteiger partial charge on any atom is 0.166 e. The second-order valence-electron chi connectivity index (χ2n) is 8.88. The first kappa shape index (κ1) is 24.9. The number of rotatable bonds is 6. The first-order valence-electron chi connectivity index (χ1n) is 12.5. The molecule has 3 aliphatic carbocycles. The van der Waals surface area contributed by atoms with Crippen LogP contribution in [0.2, 0.25) is 0 Å². The summed E-state index contributed by atoms with van der Waals surface area (Å²) in [5.74, 6) is 3.84. The molecule has 1 aliphatic heterocycles. The van der Waals surface area contributed by atoms with Gasteiger partial charge in [0, 0.05) is 10.0 Å². The molecule has 0 aromatic heterocycles. The van der Waals surface area contributed by atoms with Crippen LogP contribution in [0.1, 0.15) is 55.7 Å². The zero-order chi connectivity index (χ0) is 24.1. The van der Waals surface area contributed by atoms with Crippen molar-refractivity contribution in [3.8, 4) is 11.5 Å². The zero-order valence-corrected chi connectivity index (χ0v) is 22.3. The smallest absolute Gasteiger partial charge is 0.166 e. The maximum absolute atomic E-state index is 6.40. The Labute approximate surface area is 212 Å². The summed E-state index contributed by atoms with van der Waals surface area (Å²) < 4.78 is 19.3. The van der Waals surface area contributed by atoms with Crippen molar-refractivity contribution in [2.24, 2.45) is 5.92 Å². The molecular formula is C29H36BrNO3. The van der Waals surface area contributed by atoms with Crippen molar-refractivity contribution < 1.29 is 14.2 Å². The average Bonchev–Trinajstić information content (AvgIpc) is 3.62. The lowest BCUT2D eigenvalue weighted by atomic mass is 9.75. The molecule has 34 heavy (non-hydrogen) atoms. The Bertz CT molecular complexity index is 1040. The van der Waals surface area contributed by atoms with Crippen molar-refractivity contribution in [3.05, 3.63) is 81.0 Å². The summed E-state index contributed by atoms with van der Waals surface area (Å²) in [7, 11) is 3.72. The van der Waals surface area contributed by atoms with Crippen molar-refractivity contribution in [1.29, 1.82) is 0 Å². The molecule has 1 saturated carbocycles. The molecule has 4 nitrogen and oxygen atoms in total. The van der Waals surface area contributed by atoms with Crippen molar-refractivity contribution in [1.82, 2.24) is 5.32 Å². The molecule has 1 N–H and O–H groups in total. The fourth-order valence-corrected chi connectivity index (χ4v) is 5.47. The molecule has 0 spiro atoms. The minimum atomic E-state index is -0.0811. The van der Waals surface area contributed by atoms with Crippen molar-refractivity contribution in [2.45, 2.75) is 58.2 Å². The Morgan fingerprint density at radius 2 is 1.85 bits per heavy atom. The van der Waals surface area contributed by atoms with E-state index >= 15 is 0 Å². The van der Waals surface area contributed by atoms with E-state index in [-0.39, 0.29) is 12.0 Å². The van der Waals surface area contributed by atoms with Gasteiger partial charge in [-0.3, -0.25) is 0 Å². The topological polar surface area (TPSA) is 39.7 Å². The monoisotopic (exact) mass is 525 g/mol. The number of methoxy groups -OCH3 is 1. The molecule has 6 rings (SSSR count). The van der Waals surface area contributed by atoms with Gasteiger partial charge in [0.2, 0.25) is 0 Å². The molecule has 2 unspecified atom stereocenters. The Morgan fingerprint density at radius 3 is 2.50 bits per heavy atom. The van der Waals surface area contributed by atoms with Gasteiger partial charge in [-0.25, -0.2) is 0 Å². The molecule has 1 fully saturated rings. The van der Waals surface area contributed by atoms with Crippen LogP contribution in [0.15, 0.2) is 64.4 Å². The summed E-state index contributed by atoms with van der Waals surface area (Å²) in [6, 6.07) is 12.3. The van der Waals surface area contributed by atoms with E-state index in [2.05, 4.69) is 45.5 Å². The second kappa shape index (κ2) is 11.5. The number of allylic oxidation sites excluding steroid dienone is 2. The summed E-state index contributed by atoms with van der Waals surface area (Å²) in [5.41, 5.74) is 5.18. The largest absolute Gasteiger partial charge is 0.497 e. The van der Waals surface area contributed by atoms with Gasteiger partial charge < -0.3 is 19.5 Å². The van der Waals surface area contributed by atoms with Gasteiger partial charge >= 0.3 is 0 Å². The molecule has 0 amide bonds. The fourth-order valence-electron chi connectivity index (χ4n) is 4.85. The van der Waals surface area contributed by atoms with Gasteiger partial charge in [0.05, 0.1) is 13.0 Å². The van der Waals surface area contributed by atoms with Gasteiger partial charge in [-0.1, -0.05) is 71.8 Å². The highest BCUT2D eigenvalue weighted by Gasteiger charge is 2.46. The van der Waals surface area contributed by atoms with Crippen LogP contribution in [0.4, 0.5) is 0 Å². The lowest BCUT2D eigenvalue weighted by Gasteiger charge is -2.30. The van der Waals surface area contributed by atoms with E-state index in [0.717, 1.165) is 46.1 Å². The molecule has 2 aromatic rings. The van der Waals surface area contributed by atoms with Gasteiger partial charge in [-0.15, -0.1) is 0 Å². The summed E-state index contributed by atoms with van der Waals surface area (Å²) in [4.78, 5) is 0. The van der Waals surface area contributed by atoms with Crippen molar-refractivity contribution >= 4 is 15.9 Å². The molecule has 5 heteroatoms. The highest BCUT2D eigenvalue weighted by Crippen LogP contribution is 2.57. The molecule has 182 valence electrons. The van der Waals surface area contributed by atoms with Crippen LogP contribution in [0, 0.1) is 5.92 Å². The first-order valence-corrected chi connectivity index (χ1v) is 13.3. The van der Waals surface area contributed by atoms with Gasteiger partial charge in [-0.05, 0) is 68.5 Å². The molecule has 2 aromatic carbocycles. The van der Waals surface area contributed by atoms with Crippen LogP contribution in [-0.4, -0.2) is 26.8 Å². The van der Waals surface area contributed by atoms with Crippen LogP contribution < -0.4 is 14.8 Å². The maximum atomic E-state index is 6.40. The predicted octanol–water partition coefficient (Wildman–Crippen LogP) is 6.93. The quantitative estimate of drug-likeness (QED) is 0.443. The van der Waals surface area contributed by atoms with E-state index in [1.807, 2.05) is 45.2 Å². The molecule has 0 bridgehead atoms. The summed E-state index contributed by atoms with van der Waals surface area (Å²) in [6.07, 6.45) is 9.17.